The molecular weight excluding hydrogens is 704 g/mol. The van der Waals surface area contributed by atoms with Gasteiger partial charge in [-0.1, -0.05) is 29.8 Å². The van der Waals surface area contributed by atoms with Gasteiger partial charge in [-0.3, -0.25) is 4.79 Å². The number of hydrogen-bond acceptors (Lipinski definition) is 5. The van der Waals surface area contributed by atoms with Crippen molar-refractivity contribution in [3.8, 4) is 5.75 Å². The lowest BCUT2D eigenvalue weighted by Crippen LogP contribution is -2.24. The van der Waals surface area contributed by atoms with Crippen LogP contribution in [0.3, 0.4) is 0 Å². The number of aromatic nitrogens is 2. The van der Waals surface area contributed by atoms with E-state index in [4.69, 9.17) is 14.8 Å². The molecule has 3 rings (SSSR count). The molecule has 1 heterocycles. The molecule has 0 radical (unpaired) electrons. The second-order valence-electron chi connectivity index (χ2n) is 7.21. The van der Waals surface area contributed by atoms with Crippen molar-refractivity contribution in [2.24, 2.45) is 5.10 Å². The maximum absolute atomic E-state index is 13.2. The third kappa shape index (κ3) is 5.50. The first-order valence-electron chi connectivity index (χ1n) is 9.77. The van der Waals surface area contributed by atoms with Crippen molar-refractivity contribution < 1.29 is 14.6 Å². The van der Waals surface area contributed by atoms with Crippen LogP contribution in [0, 0.1) is 7.14 Å². The lowest BCUT2D eigenvalue weighted by molar-refractivity contribution is -0.144. The number of carboxylic acid groups (broad SMARTS) is 1. The van der Waals surface area contributed by atoms with Gasteiger partial charge in [0.15, 0.2) is 6.10 Å². The minimum atomic E-state index is -1.03. The summed E-state index contributed by atoms with van der Waals surface area (Å²) in [5, 5.41) is 14.1. The summed E-state index contributed by atoms with van der Waals surface area (Å²) in [5.74, 6) is 0.118. The van der Waals surface area contributed by atoms with Gasteiger partial charge in [0.05, 0.1) is 24.3 Å². The highest BCUT2D eigenvalue weighted by molar-refractivity contribution is 14.1. The first kappa shape index (κ1) is 25.1. The van der Waals surface area contributed by atoms with Crippen LogP contribution in [0.4, 0.5) is 0 Å². The normalized spacial score (nSPS) is 13.4. The minimum absolute atomic E-state index is 0.0430. The molecule has 0 amide bonds. The molecule has 0 fully saturated rings. The number of fused-ring (bicyclic) bond motifs is 1. The predicted molar refractivity (Wildman–Crippen MR) is 145 cm³/mol. The molecule has 32 heavy (non-hydrogen) atoms. The Morgan fingerprint density at radius 3 is 2.53 bits per heavy atom. The summed E-state index contributed by atoms with van der Waals surface area (Å²) in [5.41, 5.74) is 1.16. The first-order valence-corrected chi connectivity index (χ1v) is 12.7. The van der Waals surface area contributed by atoms with E-state index >= 15 is 0 Å². The third-order valence-corrected chi connectivity index (χ3v) is 6.97. The third-order valence-electron chi connectivity index (χ3n) is 4.87. The lowest BCUT2D eigenvalue weighted by Gasteiger charge is -2.15. The van der Waals surface area contributed by atoms with Gasteiger partial charge in [-0.25, -0.2) is 9.78 Å². The number of rotatable bonds is 7. The standard InChI is InChI=1S/C22H20BrI2N3O4/c1-4-11(2)20-27-18-6-5-14(23)9-15(18)21(29)28(20)26-10-13-7-16(24)19(17(25)8-13)32-12(3)22(30)31/h5-12H,4H2,1-3H3,(H,30,31)/t11-,12+/m1/s1. The molecule has 0 saturated heterocycles. The molecule has 2 atom stereocenters. The summed E-state index contributed by atoms with van der Waals surface area (Å²) < 4.78 is 9.23. The number of carbonyl (C=O) groups is 1. The van der Waals surface area contributed by atoms with Gasteiger partial charge in [0.2, 0.25) is 0 Å². The number of ether oxygens (including phenoxy) is 1. The van der Waals surface area contributed by atoms with Crippen LogP contribution in [-0.4, -0.2) is 33.1 Å². The fourth-order valence-corrected chi connectivity index (χ4v) is 5.33. The molecule has 0 saturated carbocycles. The SMILES string of the molecule is CC[C@@H](C)c1nc2ccc(Br)cc2c(=O)n1N=Cc1cc(I)c(O[C@@H](C)C(=O)O)c(I)c1. The number of hydrogen-bond donors (Lipinski definition) is 1. The topological polar surface area (TPSA) is 93.8 Å². The van der Waals surface area contributed by atoms with E-state index < -0.39 is 12.1 Å². The van der Waals surface area contributed by atoms with Crippen molar-refractivity contribution in [3.05, 3.63) is 63.7 Å². The van der Waals surface area contributed by atoms with Crippen molar-refractivity contribution in [1.29, 1.82) is 0 Å². The number of benzene rings is 2. The number of halogens is 3. The Morgan fingerprint density at radius 2 is 1.94 bits per heavy atom. The number of nitrogens with zero attached hydrogens (tertiary/aromatic N) is 3. The molecule has 1 aromatic heterocycles. The van der Waals surface area contributed by atoms with Gasteiger partial charge in [0.25, 0.3) is 5.56 Å². The zero-order valence-electron chi connectivity index (χ0n) is 17.5. The lowest BCUT2D eigenvalue weighted by atomic mass is 10.1. The molecule has 0 aliphatic carbocycles. The average Bonchev–Trinajstić information content (AvgIpc) is 2.75. The van der Waals surface area contributed by atoms with E-state index in [9.17, 15) is 9.59 Å². The summed E-state index contributed by atoms with van der Waals surface area (Å²) >= 11 is 7.61. The average molecular weight is 724 g/mol. The Bertz CT molecular complexity index is 1250. The van der Waals surface area contributed by atoms with Gasteiger partial charge < -0.3 is 9.84 Å². The Kier molecular flexibility index (Phi) is 8.31. The van der Waals surface area contributed by atoms with Crippen molar-refractivity contribution in [2.45, 2.75) is 39.2 Å². The van der Waals surface area contributed by atoms with Crippen LogP contribution in [0.2, 0.25) is 0 Å². The number of aliphatic carboxylic acids is 1. The van der Waals surface area contributed by atoms with Crippen molar-refractivity contribution in [2.75, 3.05) is 0 Å². The Labute approximate surface area is 220 Å². The smallest absolute Gasteiger partial charge is 0.344 e. The predicted octanol–water partition coefficient (Wildman–Crippen LogP) is 5.62. The summed E-state index contributed by atoms with van der Waals surface area (Å²) in [6, 6.07) is 9.09. The Morgan fingerprint density at radius 1 is 1.28 bits per heavy atom. The molecule has 0 aliphatic rings. The molecule has 1 N–H and O–H groups in total. The second-order valence-corrected chi connectivity index (χ2v) is 10.5. The van der Waals surface area contributed by atoms with Crippen LogP contribution in [-0.2, 0) is 4.79 Å². The van der Waals surface area contributed by atoms with E-state index in [1.54, 1.807) is 12.3 Å². The molecule has 0 aliphatic heterocycles. The molecule has 0 unspecified atom stereocenters. The van der Waals surface area contributed by atoms with Crippen LogP contribution in [0.15, 0.2) is 44.7 Å². The summed E-state index contributed by atoms with van der Waals surface area (Å²) in [6.07, 6.45) is 1.46. The van der Waals surface area contributed by atoms with Crippen LogP contribution in [0.5, 0.6) is 5.75 Å². The molecule has 0 spiro atoms. The summed E-state index contributed by atoms with van der Waals surface area (Å²) in [4.78, 5) is 29.1. The monoisotopic (exact) mass is 723 g/mol. The maximum atomic E-state index is 13.2. The summed E-state index contributed by atoms with van der Waals surface area (Å²) in [6.45, 7) is 5.54. The quantitative estimate of drug-likeness (QED) is 0.253. The fourth-order valence-electron chi connectivity index (χ4n) is 2.90. The maximum Gasteiger partial charge on any atom is 0.344 e. The molecule has 3 aromatic rings. The highest BCUT2D eigenvalue weighted by Crippen LogP contribution is 2.29. The van der Waals surface area contributed by atoms with E-state index in [1.165, 1.54) is 11.6 Å². The largest absolute Gasteiger partial charge is 0.479 e. The Hall–Kier alpha value is -1.54. The van der Waals surface area contributed by atoms with E-state index in [1.807, 2.05) is 38.1 Å². The van der Waals surface area contributed by atoms with Gasteiger partial charge in [0, 0.05) is 10.4 Å². The molecule has 7 nitrogen and oxygen atoms in total. The van der Waals surface area contributed by atoms with Gasteiger partial charge in [-0.15, -0.1) is 0 Å². The van der Waals surface area contributed by atoms with Gasteiger partial charge in [0.1, 0.15) is 11.6 Å². The van der Waals surface area contributed by atoms with Crippen LogP contribution in [0.25, 0.3) is 10.9 Å². The molecule has 10 heteroatoms. The second kappa shape index (κ2) is 10.6. The zero-order valence-corrected chi connectivity index (χ0v) is 23.4. The molecule has 0 bridgehead atoms. The van der Waals surface area contributed by atoms with Gasteiger partial charge in [-0.05, 0) is 94.4 Å². The first-order chi connectivity index (χ1) is 15.1. The van der Waals surface area contributed by atoms with Crippen LogP contribution in [0.1, 0.15) is 44.5 Å². The zero-order chi connectivity index (χ0) is 23.6. The van der Waals surface area contributed by atoms with E-state index in [2.05, 4.69) is 66.2 Å². The van der Waals surface area contributed by atoms with Gasteiger partial charge in [-0.2, -0.15) is 9.78 Å². The van der Waals surface area contributed by atoms with E-state index in [0.29, 0.717) is 22.5 Å². The van der Waals surface area contributed by atoms with Crippen molar-refractivity contribution in [1.82, 2.24) is 9.66 Å². The van der Waals surface area contributed by atoms with Crippen molar-refractivity contribution in [3.63, 3.8) is 0 Å². The van der Waals surface area contributed by atoms with Gasteiger partial charge >= 0.3 is 5.97 Å². The summed E-state index contributed by atoms with van der Waals surface area (Å²) in [7, 11) is 0. The van der Waals surface area contributed by atoms with Crippen LogP contribution < -0.4 is 10.3 Å². The highest BCUT2D eigenvalue weighted by Gasteiger charge is 2.18. The molecule has 2 aromatic carbocycles. The Balaban J connectivity index is 2.07. The van der Waals surface area contributed by atoms with E-state index in [-0.39, 0.29) is 11.5 Å². The highest BCUT2D eigenvalue weighted by atomic mass is 127. The molecular formula is C22H20BrI2N3O4. The van der Waals surface area contributed by atoms with Crippen molar-refractivity contribution >= 4 is 84.2 Å². The fraction of sp³-hybridized carbons (Fsp3) is 0.273. The number of carboxylic acids is 1. The molecule has 168 valence electrons. The minimum Gasteiger partial charge on any atom is -0.479 e. The van der Waals surface area contributed by atoms with Crippen LogP contribution >= 0.6 is 61.1 Å². The van der Waals surface area contributed by atoms with E-state index in [0.717, 1.165) is 23.6 Å².